The predicted molar refractivity (Wildman–Crippen MR) is 140 cm³/mol. The molecule has 202 valence electrons. The van der Waals surface area contributed by atoms with E-state index in [1.54, 1.807) is 11.6 Å². The van der Waals surface area contributed by atoms with Crippen molar-refractivity contribution in [1.82, 2.24) is 19.4 Å². The maximum atomic E-state index is 14.1. The normalized spacial score (nSPS) is 18.4. The van der Waals surface area contributed by atoms with E-state index in [4.69, 9.17) is 14.2 Å². The highest BCUT2D eigenvalue weighted by Gasteiger charge is 2.40. The minimum absolute atomic E-state index is 0.153. The summed E-state index contributed by atoms with van der Waals surface area (Å²) in [5.41, 5.74) is 3.10. The van der Waals surface area contributed by atoms with Crippen molar-refractivity contribution in [3.05, 3.63) is 65.0 Å². The van der Waals surface area contributed by atoms with Crippen LogP contribution in [0.4, 0.5) is 0 Å². The number of aryl methyl sites for hydroxylation is 1. The third-order valence-electron chi connectivity index (χ3n) is 7.00. The van der Waals surface area contributed by atoms with Gasteiger partial charge in [0, 0.05) is 19.6 Å². The first-order chi connectivity index (χ1) is 18.3. The predicted octanol–water partition coefficient (Wildman–Crippen LogP) is 2.83. The lowest BCUT2D eigenvalue weighted by atomic mass is 9.89. The van der Waals surface area contributed by atoms with Crippen LogP contribution in [-0.4, -0.2) is 61.8 Å². The molecule has 38 heavy (non-hydrogen) atoms. The molecule has 1 aromatic heterocycles. The minimum atomic E-state index is -3.91. The molecule has 0 aliphatic carbocycles. The third kappa shape index (κ3) is 4.83. The summed E-state index contributed by atoms with van der Waals surface area (Å²) in [6.07, 6.45) is 2.51. The highest BCUT2D eigenvalue weighted by Crippen LogP contribution is 2.44. The summed E-state index contributed by atoms with van der Waals surface area (Å²) in [4.78, 5) is 12.5. The van der Waals surface area contributed by atoms with Gasteiger partial charge in [0.2, 0.25) is 10.0 Å². The molecule has 0 radical (unpaired) electrons. The Labute approximate surface area is 222 Å². The Morgan fingerprint density at radius 1 is 1.21 bits per heavy atom. The van der Waals surface area contributed by atoms with Crippen LogP contribution in [0.25, 0.3) is 0 Å². The number of carbonyl (C=O) groups excluding carboxylic acids is 1. The smallest absolute Gasteiger partial charge is 0.257 e. The Kier molecular flexibility index (Phi) is 7.31. The van der Waals surface area contributed by atoms with Crippen molar-refractivity contribution in [2.75, 3.05) is 33.4 Å². The number of hydrogen-bond acceptors (Lipinski definition) is 7. The first-order valence-corrected chi connectivity index (χ1v) is 14.1. The lowest BCUT2D eigenvalue weighted by Crippen LogP contribution is -2.40. The molecule has 1 amide bonds. The van der Waals surface area contributed by atoms with Gasteiger partial charge in [0.25, 0.3) is 5.91 Å². The standard InChI is InChI=1S/C27H32N4O6S/c1-4-30-18(2)25(16-29-30)38(33,34)31-11-9-19-14-24-23(35-3)15-22(19)27(31)20-7-5-8-21(13-20)36-12-6-10-28-26(32)17-37-24/h5,7-8,13-16,27H,4,6,9-12,17H2,1-3H3,(H,28,32). The van der Waals surface area contributed by atoms with Crippen molar-refractivity contribution in [1.29, 1.82) is 0 Å². The fourth-order valence-electron chi connectivity index (χ4n) is 5.07. The highest BCUT2D eigenvalue weighted by molar-refractivity contribution is 7.89. The van der Waals surface area contributed by atoms with Gasteiger partial charge in [-0.15, -0.1) is 0 Å². The number of fused-ring (bicyclic) bond motifs is 8. The van der Waals surface area contributed by atoms with Crippen LogP contribution in [0.3, 0.4) is 0 Å². The molecule has 0 fully saturated rings. The van der Waals surface area contributed by atoms with Crippen LogP contribution in [0.5, 0.6) is 17.2 Å². The molecule has 0 spiro atoms. The number of aromatic nitrogens is 2. The number of benzene rings is 2. The maximum Gasteiger partial charge on any atom is 0.257 e. The number of nitrogens with zero attached hydrogens (tertiary/aromatic N) is 3. The van der Waals surface area contributed by atoms with Crippen LogP contribution >= 0.6 is 0 Å². The molecule has 6 rings (SSSR count). The van der Waals surface area contributed by atoms with Crippen LogP contribution in [0, 0.1) is 6.92 Å². The summed E-state index contributed by atoms with van der Waals surface area (Å²) in [6.45, 7) is 5.23. The topological polar surface area (TPSA) is 112 Å². The van der Waals surface area contributed by atoms with Crippen LogP contribution in [-0.2, 0) is 27.8 Å². The van der Waals surface area contributed by atoms with Gasteiger partial charge in [0.05, 0.1) is 31.6 Å². The van der Waals surface area contributed by atoms with E-state index in [9.17, 15) is 13.2 Å². The van der Waals surface area contributed by atoms with Crippen molar-refractivity contribution in [3.63, 3.8) is 0 Å². The van der Waals surface area contributed by atoms with Gasteiger partial charge in [-0.25, -0.2) is 8.42 Å². The summed E-state index contributed by atoms with van der Waals surface area (Å²) in [7, 11) is -2.39. The first kappa shape index (κ1) is 26.1. The van der Waals surface area contributed by atoms with Gasteiger partial charge in [-0.05, 0) is 67.6 Å². The van der Waals surface area contributed by atoms with Crippen LogP contribution < -0.4 is 19.5 Å². The summed E-state index contributed by atoms with van der Waals surface area (Å²) in [5.74, 6) is 1.26. The Hall–Kier alpha value is -3.57. The molecule has 1 N–H and O–H groups in total. The van der Waals surface area contributed by atoms with Gasteiger partial charge in [-0.3, -0.25) is 9.48 Å². The van der Waals surface area contributed by atoms with Crippen molar-refractivity contribution in [3.8, 4) is 17.2 Å². The molecular weight excluding hydrogens is 508 g/mol. The van der Waals surface area contributed by atoms with E-state index in [1.165, 1.54) is 17.6 Å². The number of hydrogen-bond donors (Lipinski definition) is 1. The van der Waals surface area contributed by atoms with Crippen molar-refractivity contribution in [2.24, 2.45) is 0 Å². The maximum absolute atomic E-state index is 14.1. The second-order valence-electron chi connectivity index (χ2n) is 9.29. The molecule has 6 bridgehead atoms. The zero-order valence-electron chi connectivity index (χ0n) is 21.8. The molecule has 3 aliphatic heterocycles. The van der Waals surface area contributed by atoms with Crippen LogP contribution in [0.2, 0.25) is 0 Å². The van der Waals surface area contributed by atoms with Crippen LogP contribution in [0.1, 0.15) is 41.8 Å². The number of carbonyl (C=O) groups is 1. The van der Waals surface area contributed by atoms with E-state index in [-0.39, 0.29) is 24.0 Å². The number of sulfonamides is 1. The van der Waals surface area contributed by atoms with Crippen molar-refractivity contribution < 1.29 is 27.4 Å². The molecule has 2 aromatic carbocycles. The average molecular weight is 541 g/mol. The minimum Gasteiger partial charge on any atom is -0.494 e. The van der Waals surface area contributed by atoms with E-state index in [1.807, 2.05) is 43.3 Å². The zero-order chi connectivity index (χ0) is 26.9. The van der Waals surface area contributed by atoms with E-state index in [0.717, 1.165) is 16.7 Å². The number of rotatable bonds is 4. The van der Waals surface area contributed by atoms with Gasteiger partial charge in [-0.2, -0.15) is 9.40 Å². The molecule has 0 saturated carbocycles. The SMILES string of the molecule is CCn1ncc(S(=O)(=O)N2CCc3cc4c(OC)cc3C2c2cccc(c2)OCCCNC(=O)CO4)c1C. The Balaban J connectivity index is 1.67. The van der Waals surface area contributed by atoms with Crippen LogP contribution in [0.15, 0.2) is 47.5 Å². The monoisotopic (exact) mass is 540 g/mol. The van der Waals surface area contributed by atoms with Gasteiger partial charge >= 0.3 is 0 Å². The first-order valence-electron chi connectivity index (χ1n) is 12.7. The summed E-state index contributed by atoms with van der Waals surface area (Å²) < 4.78 is 48.9. The van der Waals surface area contributed by atoms with Gasteiger partial charge in [0.1, 0.15) is 10.6 Å². The Morgan fingerprint density at radius 2 is 2.05 bits per heavy atom. The molecular formula is C27H32N4O6S. The molecule has 11 heteroatoms. The largest absolute Gasteiger partial charge is 0.494 e. The quantitative estimate of drug-likeness (QED) is 0.542. The summed E-state index contributed by atoms with van der Waals surface area (Å²) >= 11 is 0. The molecule has 3 aliphatic rings. The molecule has 1 unspecified atom stereocenters. The molecule has 3 aromatic rings. The fraction of sp³-hybridized carbons (Fsp3) is 0.407. The van der Waals surface area contributed by atoms with Gasteiger partial charge in [0.15, 0.2) is 18.1 Å². The summed E-state index contributed by atoms with van der Waals surface area (Å²) in [5, 5.41) is 7.12. The number of amides is 1. The zero-order valence-corrected chi connectivity index (χ0v) is 22.6. The van der Waals surface area contributed by atoms with Gasteiger partial charge < -0.3 is 19.5 Å². The second-order valence-corrected chi connectivity index (χ2v) is 11.2. The fourth-order valence-corrected chi connectivity index (χ4v) is 6.82. The molecule has 4 heterocycles. The summed E-state index contributed by atoms with van der Waals surface area (Å²) in [6, 6.07) is 10.5. The van der Waals surface area contributed by atoms with Gasteiger partial charge in [-0.1, -0.05) is 12.1 Å². The number of nitrogens with one attached hydrogen (secondary N) is 1. The molecule has 1 atom stereocenters. The van der Waals surface area contributed by atoms with E-state index in [2.05, 4.69) is 10.4 Å². The van der Waals surface area contributed by atoms with Crippen molar-refractivity contribution >= 4 is 15.9 Å². The third-order valence-corrected chi connectivity index (χ3v) is 8.97. The molecule has 10 nitrogen and oxygen atoms in total. The number of ether oxygens (including phenoxy) is 3. The lowest BCUT2D eigenvalue weighted by Gasteiger charge is -2.37. The Bertz CT molecular complexity index is 1450. The van der Waals surface area contributed by atoms with E-state index >= 15 is 0 Å². The average Bonchev–Trinajstić information content (AvgIpc) is 3.31. The Morgan fingerprint density at radius 3 is 2.82 bits per heavy atom. The second kappa shape index (κ2) is 10.7. The lowest BCUT2D eigenvalue weighted by molar-refractivity contribution is -0.123. The highest BCUT2D eigenvalue weighted by atomic mass is 32.2. The molecule has 0 saturated heterocycles. The number of methoxy groups -OCH3 is 1. The van der Waals surface area contributed by atoms with E-state index < -0.39 is 16.1 Å². The van der Waals surface area contributed by atoms with Crippen molar-refractivity contribution in [2.45, 2.75) is 44.2 Å². The van der Waals surface area contributed by atoms with E-state index in [0.29, 0.717) is 55.5 Å².